The summed E-state index contributed by atoms with van der Waals surface area (Å²) in [6, 6.07) is 6.60. The average Bonchev–Trinajstić information content (AvgIpc) is 2.45. The lowest BCUT2D eigenvalue weighted by atomic mass is 10.1. The Morgan fingerprint density at radius 3 is 2.67 bits per heavy atom. The molecule has 3 N–H and O–H groups in total. The summed E-state index contributed by atoms with van der Waals surface area (Å²) in [5.41, 5.74) is 5.32. The zero-order chi connectivity index (χ0) is 15.7. The molecule has 0 heterocycles. The summed E-state index contributed by atoms with van der Waals surface area (Å²) in [6.45, 7) is 0.267. The molecule has 0 aliphatic heterocycles. The highest BCUT2D eigenvalue weighted by Crippen LogP contribution is 2.24. The number of thioether (sulfide) groups is 1. The van der Waals surface area contributed by atoms with Crippen LogP contribution in [0.2, 0.25) is 6.32 Å². The first-order valence-electron chi connectivity index (χ1n) is 6.24. The number of hydrogen-bond acceptors (Lipinski definition) is 5. The summed E-state index contributed by atoms with van der Waals surface area (Å²) in [5, 5.41) is 2.03. The highest BCUT2D eigenvalue weighted by Gasteiger charge is 2.15. The molecule has 6 nitrogen and oxygen atoms in total. The summed E-state index contributed by atoms with van der Waals surface area (Å²) >= 11 is 0.809. The molecule has 21 heavy (non-hydrogen) atoms. The van der Waals surface area contributed by atoms with Crippen LogP contribution in [0.15, 0.2) is 29.2 Å². The number of benzene rings is 1. The third kappa shape index (κ3) is 6.35. The Hall–Kier alpha value is -1.96. The van der Waals surface area contributed by atoms with Crippen molar-refractivity contribution in [1.82, 2.24) is 5.32 Å². The fourth-order valence-corrected chi connectivity index (χ4v) is 2.14. The molecule has 2 amide bonds. The molecule has 0 aliphatic rings. The number of amides is 2. The maximum absolute atomic E-state index is 12.0. The van der Waals surface area contributed by atoms with Gasteiger partial charge in [0.15, 0.2) is 0 Å². The first-order chi connectivity index (χ1) is 10.0. The molecule has 0 fully saturated rings. The second-order valence-electron chi connectivity index (χ2n) is 3.96. The minimum atomic E-state index is -0.530. The van der Waals surface area contributed by atoms with E-state index in [1.165, 1.54) is 0 Å². The second-order valence-corrected chi connectivity index (χ2v) is 4.93. The quantitative estimate of drug-likeness (QED) is 0.446. The number of rotatable bonds is 7. The fourth-order valence-electron chi connectivity index (χ4n) is 1.40. The summed E-state index contributed by atoms with van der Waals surface area (Å²) in [7, 11) is 5.24. The van der Waals surface area contributed by atoms with Crippen molar-refractivity contribution in [3.63, 3.8) is 0 Å². The van der Waals surface area contributed by atoms with Crippen molar-refractivity contribution in [2.45, 2.75) is 17.6 Å². The SMILES string of the molecule is [B]CCOC(=O)Sc1ccccc1C(=O)NCCC(N)=O. The molecule has 8 heteroatoms. The van der Waals surface area contributed by atoms with Crippen molar-refractivity contribution >= 4 is 36.7 Å². The van der Waals surface area contributed by atoms with Crippen LogP contribution in [0.5, 0.6) is 0 Å². The topological polar surface area (TPSA) is 98.5 Å². The first-order valence-corrected chi connectivity index (χ1v) is 7.06. The minimum Gasteiger partial charge on any atom is -0.458 e. The zero-order valence-corrected chi connectivity index (χ0v) is 12.2. The molecule has 1 aromatic carbocycles. The maximum Gasteiger partial charge on any atom is 0.372 e. The summed E-state index contributed by atoms with van der Waals surface area (Å²) in [5.74, 6) is -0.880. The van der Waals surface area contributed by atoms with Crippen LogP contribution < -0.4 is 11.1 Å². The molecular formula is C13H15BN2O4S. The van der Waals surface area contributed by atoms with E-state index in [0.29, 0.717) is 10.5 Å². The molecule has 0 saturated carbocycles. The summed E-state index contributed by atoms with van der Waals surface area (Å²) in [4.78, 5) is 34.6. The minimum absolute atomic E-state index is 0.0552. The monoisotopic (exact) mass is 306 g/mol. The lowest BCUT2D eigenvalue weighted by Crippen LogP contribution is -2.28. The molecule has 0 bridgehead atoms. The third-order valence-electron chi connectivity index (χ3n) is 2.32. The van der Waals surface area contributed by atoms with E-state index in [4.69, 9.17) is 18.3 Å². The number of carbonyl (C=O) groups is 3. The van der Waals surface area contributed by atoms with Gasteiger partial charge < -0.3 is 15.8 Å². The van der Waals surface area contributed by atoms with E-state index in [1.807, 2.05) is 0 Å². The Morgan fingerprint density at radius 2 is 2.00 bits per heavy atom. The molecule has 0 unspecified atom stereocenters. The molecule has 0 saturated heterocycles. The van der Waals surface area contributed by atoms with Gasteiger partial charge in [-0.05, 0) is 23.9 Å². The Labute approximate surface area is 128 Å². The molecule has 0 aliphatic carbocycles. The van der Waals surface area contributed by atoms with Crippen LogP contribution in [0.25, 0.3) is 0 Å². The number of carbonyl (C=O) groups excluding carboxylic acids is 3. The van der Waals surface area contributed by atoms with Gasteiger partial charge in [0.1, 0.15) is 0 Å². The van der Waals surface area contributed by atoms with E-state index in [-0.39, 0.29) is 31.8 Å². The van der Waals surface area contributed by atoms with Gasteiger partial charge in [-0.25, -0.2) is 4.79 Å². The van der Waals surface area contributed by atoms with E-state index in [1.54, 1.807) is 24.3 Å². The highest BCUT2D eigenvalue weighted by molar-refractivity contribution is 8.13. The van der Waals surface area contributed by atoms with Crippen molar-refractivity contribution in [2.75, 3.05) is 13.2 Å². The molecule has 0 aromatic heterocycles. The van der Waals surface area contributed by atoms with E-state index in [2.05, 4.69) is 5.32 Å². The van der Waals surface area contributed by atoms with Crippen molar-refractivity contribution < 1.29 is 19.1 Å². The van der Waals surface area contributed by atoms with Crippen LogP contribution in [-0.2, 0) is 9.53 Å². The van der Waals surface area contributed by atoms with Crippen LogP contribution in [0, 0.1) is 0 Å². The van der Waals surface area contributed by atoms with E-state index in [9.17, 15) is 14.4 Å². The van der Waals surface area contributed by atoms with Gasteiger partial charge in [0, 0.05) is 17.9 Å². The third-order valence-corrected chi connectivity index (χ3v) is 3.18. The molecule has 2 radical (unpaired) electrons. The smallest absolute Gasteiger partial charge is 0.372 e. The van der Waals surface area contributed by atoms with E-state index >= 15 is 0 Å². The fraction of sp³-hybridized carbons (Fsp3) is 0.308. The van der Waals surface area contributed by atoms with Gasteiger partial charge in [0.05, 0.1) is 20.0 Å². The second kappa shape index (κ2) is 9.07. The summed E-state index contributed by atoms with van der Waals surface area (Å²) < 4.78 is 4.85. The Morgan fingerprint density at radius 1 is 1.29 bits per heavy atom. The maximum atomic E-state index is 12.0. The molecular weight excluding hydrogens is 291 g/mol. The lowest BCUT2D eigenvalue weighted by Gasteiger charge is -2.09. The molecule has 1 rings (SSSR count). The van der Waals surface area contributed by atoms with Gasteiger partial charge >= 0.3 is 5.30 Å². The first kappa shape index (κ1) is 17.1. The van der Waals surface area contributed by atoms with Gasteiger partial charge in [-0.3, -0.25) is 9.59 Å². The van der Waals surface area contributed by atoms with Crippen LogP contribution in [0.3, 0.4) is 0 Å². The van der Waals surface area contributed by atoms with Gasteiger partial charge in [-0.1, -0.05) is 18.5 Å². The normalized spacial score (nSPS) is 9.90. The number of primary amides is 1. The average molecular weight is 306 g/mol. The largest absolute Gasteiger partial charge is 0.458 e. The predicted octanol–water partition coefficient (Wildman–Crippen LogP) is 1.11. The Kier molecular flexibility index (Phi) is 7.38. The number of nitrogens with one attached hydrogen (secondary N) is 1. The van der Waals surface area contributed by atoms with Gasteiger partial charge in [-0.15, -0.1) is 0 Å². The van der Waals surface area contributed by atoms with Gasteiger partial charge in [0.2, 0.25) is 5.91 Å². The standard InChI is InChI=1S/C13H15BN2O4S/c14-6-8-20-13(19)21-10-4-2-1-3-9(10)12(18)16-7-5-11(15)17/h1-4H,5-8H2,(H2,15,17)(H,16,18). The lowest BCUT2D eigenvalue weighted by molar-refractivity contribution is -0.117. The van der Waals surface area contributed by atoms with Crippen molar-refractivity contribution in [1.29, 1.82) is 0 Å². The number of hydrogen-bond donors (Lipinski definition) is 2. The van der Waals surface area contributed by atoms with E-state index < -0.39 is 11.2 Å². The summed E-state index contributed by atoms with van der Waals surface area (Å²) in [6.07, 6.45) is 0.293. The van der Waals surface area contributed by atoms with Gasteiger partial charge in [-0.2, -0.15) is 0 Å². The molecule has 0 atom stereocenters. The highest BCUT2D eigenvalue weighted by atomic mass is 32.2. The predicted molar refractivity (Wildman–Crippen MR) is 80.4 cm³/mol. The Bertz CT molecular complexity index is 525. The number of ether oxygens (including phenoxy) is 1. The van der Waals surface area contributed by atoms with Crippen LogP contribution in [0.1, 0.15) is 16.8 Å². The van der Waals surface area contributed by atoms with E-state index in [0.717, 1.165) is 11.8 Å². The molecule has 110 valence electrons. The Balaban J connectivity index is 2.67. The van der Waals surface area contributed by atoms with Gasteiger partial charge in [0.25, 0.3) is 5.91 Å². The van der Waals surface area contributed by atoms with Crippen molar-refractivity contribution in [2.24, 2.45) is 5.73 Å². The van der Waals surface area contributed by atoms with Crippen molar-refractivity contribution in [3.05, 3.63) is 29.8 Å². The van der Waals surface area contributed by atoms with Crippen molar-refractivity contribution in [3.8, 4) is 0 Å². The molecule has 0 spiro atoms. The number of nitrogens with two attached hydrogens (primary N) is 1. The molecule has 1 aromatic rings. The zero-order valence-electron chi connectivity index (χ0n) is 11.3. The van der Waals surface area contributed by atoms with Crippen LogP contribution in [0.4, 0.5) is 4.79 Å². The van der Waals surface area contributed by atoms with Crippen LogP contribution in [-0.4, -0.2) is 38.1 Å². The van der Waals surface area contributed by atoms with Crippen LogP contribution >= 0.6 is 11.8 Å².